The van der Waals surface area contributed by atoms with Crippen molar-refractivity contribution in [3.05, 3.63) is 65.9 Å². The van der Waals surface area contributed by atoms with Crippen molar-refractivity contribution in [3.8, 4) is 28.1 Å². The van der Waals surface area contributed by atoms with E-state index in [2.05, 4.69) is 79.4 Å². The highest BCUT2D eigenvalue weighted by Gasteiger charge is 2.40. The smallest absolute Gasteiger partial charge is 0.407 e. The molecule has 0 spiro atoms. The monoisotopic (exact) mass is 745 g/mol. The molecule has 0 saturated carbocycles. The number of alkyl carbamates (subject to hydrolysis) is 1. The molecule has 288 valence electrons. The number of amides is 3. The molecule has 0 aliphatic carbocycles. The third-order valence-electron chi connectivity index (χ3n) is 11.5. The van der Waals surface area contributed by atoms with Gasteiger partial charge < -0.3 is 34.6 Å². The van der Waals surface area contributed by atoms with E-state index in [0.29, 0.717) is 31.4 Å². The fourth-order valence-electron chi connectivity index (χ4n) is 8.76. The molecule has 3 aliphatic rings. The summed E-state index contributed by atoms with van der Waals surface area (Å²) in [7, 11) is 1.30. The van der Waals surface area contributed by atoms with E-state index in [1.807, 2.05) is 35.9 Å². The molecule has 3 aliphatic heterocycles. The molecule has 3 N–H and O–H groups in total. The van der Waals surface area contributed by atoms with Crippen molar-refractivity contribution < 1.29 is 23.9 Å². The molecule has 12 nitrogen and oxygen atoms in total. The fourth-order valence-corrected chi connectivity index (χ4v) is 8.76. The van der Waals surface area contributed by atoms with E-state index in [1.165, 1.54) is 7.11 Å². The Bertz CT molecular complexity index is 2290. The number of ether oxygens (including phenoxy) is 2. The van der Waals surface area contributed by atoms with Crippen LogP contribution in [0.15, 0.2) is 48.7 Å². The summed E-state index contributed by atoms with van der Waals surface area (Å²) in [5.41, 5.74) is 6.91. The standard InChI is InChI=1S/C43H51N7O5/c1-22(2)12-37(51)49-19-24(5)13-34(49)40-44-18-33(46-40)27-8-10-29-28(15-27)21-55-36-17-30-26(16-31(29)36)9-11-32-39(30)47-41(45-32)35-14-25(6)20-50(35)42(52)38(23(3)4)48-43(53)54-7/h8-11,15-18,22-25,34-35,38H,12-14,19-21H2,1-7H3,(H,44,46)(H,45,47)(H,48,53)/t24-,25?,34-,35?,38?/m0/s1. The number of aromatic nitrogens is 4. The second-order valence-corrected chi connectivity index (χ2v) is 16.7. The lowest BCUT2D eigenvalue weighted by Gasteiger charge is -2.30. The molecule has 0 radical (unpaired) electrons. The normalized spacial score (nSPS) is 21.3. The number of H-pyrrole nitrogens is 2. The zero-order valence-corrected chi connectivity index (χ0v) is 32.7. The summed E-state index contributed by atoms with van der Waals surface area (Å²) in [5, 5.41) is 4.75. The van der Waals surface area contributed by atoms with Gasteiger partial charge in [0.1, 0.15) is 30.0 Å². The summed E-state index contributed by atoms with van der Waals surface area (Å²) in [6, 6.07) is 13.9. The number of nitrogens with zero attached hydrogens (tertiary/aromatic N) is 4. The van der Waals surface area contributed by atoms with Gasteiger partial charge in [0.25, 0.3) is 0 Å². The first kappa shape index (κ1) is 36.6. The maximum Gasteiger partial charge on any atom is 0.407 e. The number of hydrogen-bond donors (Lipinski definition) is 3. The molecule has 3 amide bonds. The van der Waals surface area contributed by atoms with Crippen LogP contribution in [0.3, 0.4) is 0 Å². The number of carbonyl (C=O) groups is 3. The van der Waals surface area contributed by atoms with Crippen LogP contribution in [0, 0.1) is 23.7 Å². The van der Waals surface area contributed by atoms with E-state index >= 15 is 0 Å². The molecule has 3 aromatic carbocycles. The Labute approximate surface area is 321 Å². The quantitative estimate of drug-likeness (QED) is 0.146. The second kappa shape index (κ2) is 14.4. The van der Waals surface area contributed by atoms with Crippen molar-refractivity contribution in [1.82, 2.24) is 35.1 Å². The molecule has 2 saturated heterocycles. The molecule has 5 heterocycles. The zero-order chi connectivity index (χ0) is 38.7. The topological polar surface area (TPSA) is 146 Å². The molecule has 2 aromatic heterocycles. The van der Waals surface area contributed by atoms with Gasteiger partial charge in [-0.2, -0.15) is 0 Å². The molecule has 2 fully saturated rings. The van der Waals surface area contributed by atoms with Crippen LogP contribution in [0.4, 0.5) is 4.79 Å². The van der Waals surface area contributed by atoms with E-state index in [9.17, 15) is 14.4 Å². The Morgan fingerprint density at radius 2 is 1.67 bits per heavy atom. The van der Waals surface area contributed by atoms with Crippen molar-refractivity contribution in [2.75, 3.05) is 20.2 Å². The maximum absolute atomic E-state index is 13.9. The Kier molecular flexibility index (Phi) is 9.55. The summed E-state index contributed by atoms with van der Waals surface area (Å²) in [6.45, 7) is 14.1. The van der Waals surface area contributed by atoms with Gasteiger partial charge in [0.15, 0.2) is 0 Å². The summed E-state index contributed by atoms with van der Waals surface area (Å²) < 4.78 is 11.2. The average molecular weight is 746 g/mol. The molecule has 3 unspecified atom stereocenters. The Balaban J connectivity index is 1.06. The Morgan fingerprint density at radius 1 is 0.927 bits per heavy atom. The highest BCUT2D eigenvalue weighted by molar-refractivity contribution is 6.07. The predicted molar refractivity (Wildman–Crippen MR) is 211 cm³/mol. The fraction of sp³-hybridized carbons (Fsp3) is 0.465. The third-order valence-corrected chi connectivity index (χ3v) is 11.5. The van der Waals surface area contributed by atoms with Crippen LogP contribution in [0.2, 0.25) is 0 Å². The van der Waals surface area contributed by atoms with Crippen LogP contribution in [-0.4, -0.2) is 73.9 Å². The summed E-state index contributed by atoms with van der Waals surface area (Å²) in [4.78, 5) is 59.9. The van der Waals surface area contributed by atoms with Gasteiger partial charge in [0, 0.05) is 30.5 Å². The van der Waals surface area contributed by atoms with Crippen LogP contribution in [0.25, 0.3) is 44.2 Å². The largest absolute Gasteiger partial charge is 0.488 e. The zero-order valence-electron chi connectivity index (χ0n) is 32.7. The molecular formula is C43H51N7O5. The predicted octanol–water partition coefficient (Wildman–Crippen LogP) is 7.91. The number of benzene rings is 3. The third kappa shape index (κ3) is 6.80. The van der Waals surface area contributed by atoms with Gasteiger partial charge >= 0.3 is 6.09 Å². The van der Waals surface area contributed by atoms with Crippen molar-refractivity contribution in [1.29, 1.82) is 0 Å². The minimum absolute atomic E-state index is 0.0381. The van der Waals surface area contributed by atoms with E-state index in [0.717, 1.165) is 86.5 Å². The molecule has 5 atom stereocenters. The van der Waals surface area contributed by atoms with Crippen LogP contribution < -0.4 is 10.1 Å². The number of imidazole rings is 2. The number of nitrogens with one attached hydrogen (secondary N) is 3. The number of rotatable bonds is 8. The summed E-state index contributed by atoms with van der Waals surface area (Å²) >= 11 is 0. The maximum atomic E-state index is 13.9. The van der Waals surface area contributed by atoms with E-state index in [4.69, 9.17) is 19.4 Å². The van der Waals surface area contributed by atoms with E-state index in [-0.39, 0.29) is 35.7 Å². The molecule has 0 bridgehead atoms. The van der Waals surface area contributed by atoms with Gasteiger partial charge in [-0.1, -0.05) is 59.7 Å². The average Bonchev–Trinajstić information content (AvgIpc) is 3.97. The van der Waals surface area contributed by atoms with Crippen LogP contribution >= 0.6 is 0 Å². The van der Waals surface area contributed by atoms with Gasteiger partial charge in [-0.25, -0.2) is 14.8 Å². The van der Waals surface area contributed by atoms with Crippen LogP contribution in [-0.2, 0) is 20.9 Å². The lowest BCUT2D eigenvalue weighted by molar-refractivity contribution is -0.135. The first-order valence-electron chi connectivity index (χ1n) is 19.6. The number of likely N-dealkylation sites (tertiary alicyclic amines) is 2. The highest BCUT2D eigenvalue weighted by Crippen LogP contribution is 2.44. The summed E-state index contributed by atoms with van der Waals surface area (Å²) in [5.74, 6) is 3.33. The number of carbonyl (C=O) groups excluding carboxylic acids is 3. The van der Waals surface area contributed by atoms with Crippen molar-refractivity contribution in [2.24, 2.45) is 23.7 Å². The van der Waals surface area contributed by atoms with Gasteiger partial charge in [-0.05, 0) is 82.9 Å². The lowest BCUT2D eigenvalue weighted by Crippen LogP contribution is -2.51. The van der Waals surface area contributed by atoms with Gasteiger partial charge in [0.05, 0.1) is 42.1 Å². The molecule has 8 rings (SSSR count). The summed E-state index contributed by atoms with van der Waals surface area (Å²) in [6.07, 6.45) is 3.47. The highest BCUT2D eigenvalue weighted by atomic mass is 16.5. The lowest BCUT2D eigenvalue weighted by atomic mass is 9.92. The van der Waals surface area contributed by atoms with Crippen LogP contribution in [0.1, 0.15) is 90.1 Å². The Morgan fingerprint density at radius 3 is 2.40 bits per heavy atom. The number of fused-ring (bicyclic) bond motifs is 6. The molecule has 55 heavy (non-hydrogen) atoms. The molecule has 12 heteroatoms. The van der Waals surface area contributed by atoms with Crippen molar-refractivity contribution in [3.63, 3.8) is 0 Å². The number of aromatic amines is 2. The van der Waals surface area contributed by atoms with Crippen molar-refractivity contribution >= 4 is 39.7 Å². The van der Waals surface area contributed by atoms with E-state index in [1.54, 1.807) is 0 Å². The number of methoxy groups -OCH3 is 1. The minimum atomic E-state index is -0.705. The van der Waals surface area contributed by atoms with Gasteiger partial charge in [-0.15, -0.1) is 0 Å². The Hall–Kier alpha value is -5.39. The first-order chi connectivity index (χ1) is 26.4. The minimum Gasteiger partial charge on any atom is -0.488 e. The first-order valence-corrected chi connectivity index (χ1v) is 19.6. The van der Waals surface area contributed by atoms with Crippen LogP contribution in [0.5, 0.6) is 5.75 Å². The van der Waals surface area contributed by atoms with Gasteiger partial charge in [-0.3, -0.25) is 9.59 Å². The molecular weight excluding hydrogens is 695 g/mol. The van der Waals surface area contributed by atoms with Gasteiger partial charge in [0.2, 0.25) is 11.8 Å². The van der Waals surface area contributed by atoms with E-state index < -0.39 is 12.1 Å². The van der Waals surface area contributed by atoms with Crippen molar-refractivity contribution in [2.45, 2.75) is 85.5 Å². The molecule has 5 aromatic rings. The SMILES string of the molecule is COC(=O)NC(C(=O)N1CC(C)CC1c1nc2c(ccc3cc4c(cc32)OCc2cc(-c3cnc([C@@H]5C[C@H](C)CN5C(=O)CC(C)C)[nH]3)ccc2-4)[nH]1)C(C)C. The second-order valence-electron chi connectivity index (χ2n) is 16.7. The number of hydrogen-bond acceptors (Lipinski definition) is 7.